The normalized spacial score (nSPS) is 13.1. The van der Waals surface area contributed by atoms with Crippen LogP contribution < -0.4 is 22.7 Å². The number of nitrogens with two attached hydrogens (primary N) is 1. The molecule has 45 valence electrons. The molecule has 1 rings (SSSR count). The minimum Gasteiger partial charge on any atom is -1.00 e. The molecule has 0 saturated heterocycles. The first-order valence-electron chi connectivity index (χ1n) is 2.11. The van der Waals surface area contributed by atoms with Gasteiger partial charge in [-0.25, -0.2) is 0 Å². The van der Waals surface area contributed by atoms with Gasteiger partial charge in [-0.15, -0.1) is 5.73 Å². The third kappa shape index (κ3) is 4.65. The summed E-state index contributed by atoms with van der Waals surface area (Å²) in [7, 11) is 0. The molecule has 1 radical (unpaired) electrons. The Hall–Kier alpha value is 0.163. The van der Waals surface area contributed by atoms with Crippen LogP contribution in [-0.2, 0) is 19.5 Å². The van der Waals surface area contributed by atoms with Crippen LogP contribution in [0.4, 0.5) is 0 Å². The molecule has 0 aromatic carbocycles. The van der Waals surface area contributed by atoms with Gasteiger partial charge in [-0.1, -0.05) is 0 Å². The molecule has 0 unspecified atom stereocenters. The van der Waals surface area contributed by atoms with Gasteiger partial charge in [0.15, 0.2) is 0 Å². The number of hydrogen-bond acceptors (Lipinski definition) is 1. The van der Waals surface area contributed by atoms with Crippen molar-refractivity contribution in [2.45, 2.75) is 0 Å². The van der Waals surface area contributed by atoms with Crippen LogP contribution in [0.25, 0.3) is 0 Å². The van der Waals surface area contributed by atoms with E-state index >= 15 is 0 Å². The molecular weight excluding hydrogens is 231 g/mol. The Morgan fingerprint density at radius 2 is 2.00 bits per heavy atom. The Labute approximate surface area is 78.2 Å². The zero-order valence-electron chi connectivity index (χ0n) is 4.97. The van der Waals surface area contributed by atoms with Crippen LogP contribution in [0.3, 0.4) is 0 Å². The molecule has 0 spiro atoms. The number of allylic oxidation sites excluding steroid dienone is 2. The third-order valence-corrected chi connectivity index (χ3v) is 0.744. The summed E-state index contributed by atoms with van der Waals surface area (Å²) in [6, 6.07) is 0. The van der Waals surface area contributed by atoms with E-state index < -0.39 is 0 Å². The van der Waals surface area contributed by atoms with Crippen LogP contribution in [-0.4, -0.2) is 0 Å². The first kappa shape index (κ1) is 11.9. The van der Waals surface area contributed by atoms with E-state index in [0.717, 1.165) is 5.70 Å². The minimum absolute atomic E-state index is 0. The standard InChI is InChI=1S/C6H6N.BrH.Zn/c7-6-4-2-1-3-5-6;;/h2-5H,7H2;1H;/p-1. The van der Waals surface area contributed by atoms with Gasteiger partial charge >= 0.3 is 0 Å². The van der Waals surface area contributed by atoms with Gasteiger partial charge in [0, 0.05) is 31.6 Å². The second-order valence-electron chi connectivity index (χ2n) is 1.33. The van der Waals surface area contributed by atoms with Gasteiger partial charge in [-0.05, 0) is 18.2 Å². The summed E-state index contributed by atoms with van der Waals surface area (Å²) >= 11 is 0. The first-order chi connectivity index (χ1) is 3.39. The number of hydrogen-bond donors (Lipinski definition) is 1. The predicted molar refractivity (Wildman–Crippen MR) is 29.2 cm³/mol. The fourth-order valence-corrected chi connectivity index (χ4v) is 0.400. The van der Waals surface area contributed by atoms with Crippen LogP contribution >= 0.6 is 0 Å². The summed E-state index contributed by atoms with van der Waals surface area (Å²) in [6.45, 7) is 0. The summed E-state index contributed by atoms with van der Waals surface area (Å²) in [5.74, 6) is 0. The molecular formula is C6H6BrNZn-. The van der Waals surface area contributed by atoms with Gasteiger partial charge < -0.3 is 22.7 Å². The van der Waals surface area contributed by atoms with E-state index in [9.17, 15) is 0 Å². The third-order valence-electron chi connectivity index (χ3n) is 0.744. The molecule has 0 aliphatic heterocycles. The molecule has 0 heterocycles. The van der Waals surface area contributed by atoms with Crippen molar-refractivity contribution in [2.24, 2.45) is 5.73 Å². The molecule has 3 heteroatoms. The monoisotopic (exact) mass is 235 g/mol. The Bertz CT molecular complexity index is 156. The van der Waals surface area contributed by atoms with Crippen LogP contribution in [0.5, 0.6) is 0 Å². The molecule has 1 aliphatic carbocycles. The molecule has 0 amide bonds. The maximum atomic E-state index is 5.34. The predicted octanol–water partition coefficient (Wildman–Crippen LogP) is -2.24. The topological polar surface area (TPSA) is 26.0 Å². The van der Waals surface area contributed by atoms with Crippen molar-refractivity contribution in [1.29, 1.82) is 0 Å². The molecule has 0 aromatic rings. The Balaban J connectivity index is 0. The Morgan fingerprint density at radius 3 is 2.22 bits per heavy atom. The van der Waals surface area contributed by atoms with Crippen molar-refractivity contribution in [2.75, 3.05) is 0 Å². The first-order valence-corrected chi connectivity index (χ1v) is 2.11. The smallest absolute Gasteiger partial charge is 0.0363 e. The maximum Gasteiger partial charge on any atom is 0.0363 e. The fraction of sp³-hybridized carbons (Fsp3) is 0. The quantitative estimate of drug-likeness (QED) is 0.374. The molecule has 2 N–H and O–H groups in total. The van der Waals surface area contributed by atoms with E-state index in [0.29, 0.717) is 0 Å². The average Bonchev–Trinajstić information content (AvgIpc) is 1.69. The van der Waals surface area contributed by atoms with Crippen molar-refractivity contribution in [1.82, 2.24) is 0 Å². The van der Waals surface area contributed by atoms with Crippen molar-refractivity contribution in [3.05, 3.63) is 36.1 Å². The van der Waals surface area contributed by atoms with Gasteiger partial charge in [0.2, 0.25) is 0 Å². The van der Waals surface area contributed by atoms with E-state index in [-0.39, 0.29) is 36.5 Å². The van der Waals surface area contributed by atoms with E-state index in [1.807, 2.05) is 0 Å². The Morgan fingerprint density at radius 1 is 1.33 bits per heavy atom. The van der Waals surface area contributed by atoms with Crippen LogP contribution in [0, 0.1) is 6.42 Å². The van der Waals surface area contributed by atoms with Crippen LogP contribution in [0.1, 0.15) is 0 Å². The van der Waals surface area contributed by atoms with E-state index in [1.54, 1.807) is 24.6 Å². The maximum absolute atomic E-state index is 5.34. The molecule has 1 nitrogen and oxygen atoms in total. The van der Waals surface area contributed by atoms with E-state index in [2.05, 4.69) is 5.73 Å². The van der Waals surface area contributed by atoms with Gasteiger partial charge in [-0.2, -0.15) is 0 Å². The van der Waals surface area contributed by atoms with Crippen LogP contribution in [0.15, 0.2) is 29.7 Å². The molecule has 1 aliphatic rings. The van der Waals surface area contributed by atoms with Gasteiger partial charge in [0.1, 0.15) is 0 Å². The van der Waals surface area contributed by atoms with Crippen molar-refractivity contribution in [3.63, 3.8) is 0 Å². The SMILES string of the molecule is NC1=CC=C=C[CH]1.[Br-].[Zn]. The zero-order chi connectivity index (χ0) is 5.11. The summed E-state index contributed by atoms with van der Waals surface area (Å²) in [5.41, 5.74) is 8.98. The molecule has 0 atom stereocenters. The van der Waals surface area contributed by atoms with Gasteiger partial charge in [0.05, 0.1) is 0 Å². The van der Waals surface area contributed by atoms with E-state index in [4.69, 9.17) is 5.73 Å². The summed E-state index contributed by atoms with van der Waals surface area (Å²) in [5, 5.41) is 0. The molecule has 0 aromatic heterocycles. The van der Waals surface area contributed by atoms with Gasteiger partial charge in [0.25, 0.3) is 0 Å². The summed E-state index contributed by atoms with van der Waals surface area (Å²) in [4.78, 5) is 0. The number of rotatable bonds is 0. The van der Waals surface area contributed by atoms with E-state index in [1.165, 1.54) is 0 Å². The Kier molecular flexibility index (Phi) is 8.31. The second-order valence-corrected chi connectivity index (χ2v) is 1.33. The molecule has 0 bridgehead atoms. The largest absolute Gasteiger partial charge is 1.00 e. The number of halogens is 1. The second kappa shape index (κ2) is 6.29. The van der Waals surface area contributed by atoms with Crippen molar-refractivity contribution >= 4 is 0 Å². The zero-order valence-corrected chi connectivity index (χ0v) is 9.52. The summed E-state index contributed by atoms with van der Waals surface area (Å²) in [6.07, 6.45) is 7.19. The van der Waals surface area contributed by atoms with Crippen molar-refractivity contribution in [3.8, 4) is 0 Å². The molecule has 9 heavy (non-hydrogen) atoms. The minimum atomic E-state index is 0. The average molecular weight is 237 g/mol. The van der Waals surface area contributed by atoms with Crippen molar-refractivity contribution < 1.29 is 36.5 Å². The van der Waals surface area contributed by atoms with Gasteiger partial charge in [-0.3, -0.25) is 0 Å². The summed E-state index contributed by atoms with van der Waals surface area (Å²) < 4.78 is 0. The molecule has 0 fully saturated rings. The fourth-order valence-electron chi connectivity index (χ4n) is 0.400. The van der Waals surface area contributed by atoms with Crippen LogP contribution in [0.2, 0.25) is 0 Å². The molecule has 0 saturated carbocycles.